The second-order valence-electron chi connectivity index (χ2n) is 10.1. The highest BCUT2D eigenvalue weighted by atomic mass is 16.6. The first-order chi connectivity index (χ1) is 17.5. The van der Waals surface area contributed by atoms with Gasteiger partial charge in [0.2, 0.25) is 11.8 Å². The van der Waals surface area contributed by atoms with Gasteiger partial charge in [0.05, 0.1) is 4.92 Å². The second kappa shape index (κ2) is 10.7. The van der Waals surface area contributed by atoms with Crippen molar-refractivity contribution in [3.63, 3.8) is 0 Å². The molecule has 0 radical (unpaired) electrons. The molecule has 0 bridgehead atoms. The fourth-order valence-corrected chi connectivity index (χ4v) is 5.76. The topological polar surface area (TPSA) is 108 Å². The number of rotatable bonds is 6. The minimum atomic E-state index is -0.358. The number of anilines is 2. The van der Waals surface area contributed by atoms with Gasteiger partial charge in [-0.3, -0.25) is 25.0 Å². The quantitative estimate of drug-likeness (QED) is 0.361. The van der Waals surface area contributed by atoms with E-state index in [1.165, 1.54) is 5.56 Å². The zero-order valence-corrected chi connectivity index (χ0v) is 20.4. The molecule has 3 saturated heterocycles. The minimum absolute atomic E-state index is 0.136. The van der Waals surface area contributed by atoms with Crippen LogP contribution in [0.2, 0.25) is 0 Å². The fourth-order valence-electron chi connectivity index (χ4n) is 5.76. The minimum Gasteiger partial charge on any atom is -0.374 e. The molecule has 0 saturated carbocycles. The van der Waals surface area contributed by atoms with E-state index >= 15 is 0 Å². The fraction of sp³-hybridized carbons (Fsp3) is 0.481. The highest BCUT2D eigenvalue weighted by Crippen LogP contribution is 2.32. The summed E-state index contributed by atoms with van der Waals surface area (Å²) in [4.78, 5) is 38.8. The van der Waals surface area contributed by atoms with Gasteiger partial charge in [0.25, 0.3) is 5.69 Å². The molecule has 5 rings (SSSR count). The summed E-state index contributed by atoms with van der Waals surface area (Å²) < 4.78 is 0. The monoisotopic (exact) mass is 491 g/mol. The molecule has 36 heavy (non-hydrogen) atoms. The first-order valence-corrected chi connectivity index (χ1v) is 12.9. The molecule has 3 heterocycles. The lowest BCUT2D eigenvalue weighted by Gasteiger charge is -2.42. The Balaban J connectivity index is 1.08. The number of carbonyl (C=O) groups is 2. The molecule has 1 unspecified atom stereocenters. The van der Waals surface area contributed by atoms with Gasteiger partial charge in [-0.05, 0) is 80.9 Å². The molecule has 2 aromatic carbocycles. The average Bonchev–Trinajstić information content (AvgIpc) is 2.91. The predicted molar refractivity (Wildman–Crippen MR) is 138 cm³/mol. The van der Waals surface area contributed by atoms with Crippen molar-refractivity contribution in [2.24, 2.45) is 0 Å². The van der Waals surface area contributed by atoms with Crippen molar-refractivity contribution in [3.05, 3.63) is 64.2 Å². The summed E-state index contributed by atoms with van der Waals surface area (Å²) in [5.41, 5.74) is 3.45. The maximum absolute atomic E-state index is 12.0. The lowest BCUT2D eigenvalue weighted by Crippen LogP contribution is -2.47. The summed E-state index contributed by atoms with van der Waals surface area (Å²) in [6.07, 6.45) is 5.41. The molecule has 2 amide bonds. The lowest BCUT2D eigenvalue weighted by molar-refractivity contribution is -0.384. The van der Waals surface area contributed by atoms with Crippen LogP contribution in [0.25, 0.3) is 0 Å². The number of amides is 2. The molecule has 0 spiro atoms. The third-order valence-corrected chi connectivity index (χ3v) is 7.90. The largest absolute Gasteiger partial charge is 0.374 e. The van der Waals surface area contributed by atoms with E-state index < -0.39 is 0 Å². The van der Waals surface area contributed by atoms with Gasteiger partial charge < -0.3 is 15.1 Å². The van der Waals surface area contributed by atoms with E-state index in [0.717, 1.165) is 63.2 Å². The van der Waals surface area contributed by atoms with Crippen molar-refractivity contribution < 1.29 is 14.5 Å². The van der Waals surface area contributed by atoms with Crippen LogP contribution in [0.15, 0.2) is 48.5 Å². The van der Waals surface area contributed by atoms with E-state index in [2.05, 4.69) is 32.6 Å². The van der Waals surface area contributed by atoms with Crippen LogP contribution in [0.3, 0.4) is 0 Å². The first-order valence-electron chi connectivity index (χ1n) is 12.9. The standard InChI is InChI=1S/C27H33N5O4/c33-26-10-9-25(27(34)29-26)28-21-3-1-19(2-4-21)20-11-15-30(16-12-20)23-13-17-31(18-14-23)22-5-7-24(8-6-22)32(35)36/h1-8,20,23,25,28H,9-18H2,(H,29,33,34). The van der Waals surface area contributed by atoms with Crippen LogP contribution in [0.1, 0.15) is 50.0 Å². The molecule has 0 aliphatic carbocycles. The number of hydrogen-bond donors (Lipinski definition) is 2. The van der Waals surface area contributed by atoms with Gasteiger partial charge >= 0.3 is 0 Å². The van der Waals surface area contributed by atoms with Gasteiger partial charge in [0.15, 0.2) is 0 Å². The van der Waals surface area contributed by atoms with Crippen LogP contribution in [-0.2, 0) is 9.59 Å². The van der Waals surface area contributed by atoms with Crippen LogP contribution in [0, 0.1) is 10.1 Å². The summed E-state index contributed by atoms with van der Waals surface area (Å²) in [5, 5.41) is 16.5. The summed E-state index contributed by atoms with van der Waals surface area (Å²) in [6, 6.07) is 15.5. The Labute approximate surface area is 211 Å². The normalized spacial score (nSPS) is 22.3. The second-order valence-corrected chi connectivity index (χ2v) is 10.1. The summed E-state index contributed by atoms with van der Waals surface area (Å²) in [5.74, 6) is 0.0992. The number of carbonyl (C=O) groups excluding carboxylic acids is 2. The number of piperidine rings is 3. The highest BCUT2D eigenvalue weighted by molar-refractivity contribution is 6.01. The Hall–Kier alpha value is -3.46. The molecule has 2 aromatic rings. The van der Waals surface area contributed by atoms with E-state index in [4.69, 9.17) is 0 Å². The van der Waals surface area contributed by atoms with E-state index in [1.54, 1.807) is 12.1 Å². The Kier molecular flexibility index (Phi) is 7.18. The Morgan fingerprint density at radius 3 is 2.14 bits per heavy atom. The van der Waals surface area contributed by atoms with E-state index in [0.29, 0.717) is 24.8 Å². The average molecular weight is 492 g/mol. The summed E-state index contributed by atoms with van der Waals surface area (Å²) in [6.45, 7) is 4.15. The Morgan fingerprint density at radius 1 is 0.861 bits per heavy atom. The van der Waals surface area contributed by atoms with Gasteiger partial charge in [-0.2, -0.15) is 0 Å². The Morgan fingerprint density at radius 2 is 1.53 bits per heavy atom. The predicted octanol–water partition coefficient (Wildman–Crippen LogP) is 3.66. The van der Waals surface area contributed by atoms with Crippen molar-refractivity contribution in [2.75, 3.05) is 36.4 Å². The Bertz CT molecular complexity index is 1090. The molecular weight excluding hydrogens is 458 g/mol. The molecule has 3 aliphatic heterocycles. The number of benzene rings is 2. The third-order valence-electron chi connectivity index (χ3n) is 7.90. The maximum atomic E-state index is 12.0. The zero-order chi connectivity index (χ0) is 25.1. The lowest BCUT2D eigenvalue weighted by atomic mass is 9.88. The number of nitro benzene ring substituents is 1. The molecule has 3 fully saturated rings. The van der Waals surface area contributed by atoms with Gasteiger partial charge in [-0.1, -0.05) is 12.1 Å². The maximum Gasteiger partial charge on any atom is 0.269 e. The van der Waals surface area contributed by atoms with Crippen molar-refractivity contribution in [1.82, 2.24) is 10.2 Å². The van der Waals surface area contributed by atoms with Crippen molar-refractivity contribution >= 4 is 28.9 Å². The number of likely N-dealkylation sites (tertiary alicyclic amines) is 1. The number of imide groups is 1. The molecule has 2 N–H and O–H groups in total. The number of hydrogen-bond acceptors (Lipinski definition) is 7. The number of non-ortho nitro benzene ring substituents is 1. The van der Waals surface area contributed by atoms with Crippen molar-refractivity contribution in [2.45, 2.75) is 56.5 Å². The van der Waals surface area contributed by atoms with Crippen LogP contribution < -0.4 is 15.5 Å². The molecule has 0 aromatic heterocycles. The summed E-state index contributed by atoms with van der Waals surface area (Å²) in [7, 11) is 0. The van der Waals surface area contributed by atoms with Gasteiger partial charge in [0.1, 0.15) is 6.04 Å². The van der Waals surface area contributed by atoms with Crippen molar-refractivity contribution in [3.8, 4) is 0 Å². The van der Waals surface area contributed by atoms with Gasteiger partial charge in [0, 0.05) is 49.1 Å². The number of nitro groups is 1. The molecule has 190 valence electrons. The van der Waals surface area contributed by atoms with E-state index in [1.807, 2.05) is 24.3 Å². The van der Waals surface area contributed by atoms with Crippen LogP contribution in [0.4, 0.5) is 17.1 Å². The van der Waals surface area contributed by atoms with Crippen LogP contribution in [-0.4, -0.2) is 59.9 Å². The molecule has 9 nitrogen and oxygen atoms in total. The third kappa shape index (κ3) is 5.51. The number of nitrogens with zero attached hydrogens (tertiary/aromatic N) is 3. The zero-order valence-electron chi connectivity index (χ0n) is 20.4. The van der Waals surface area contributed by atoms with Crippen LogP contribution >= 0.6 is 0 Å². The summed E-state index contributed by atoms with van der Waals surface area (Å²) >= 11 is 0. The van der Waals surface area contributed by atoms with Gasteiger partial charge in [-0.15, -0.1) is 0 Å². The van der Waals surface area contributed by atoms with Crippen molar-refractivity contribution in [1.29, 1.82) is 0 Å². The molecule has 9 heteroatoms. The van der Waals surface area contributed by atoms with Crippen LogP contribution in [0.5, 0.6) is 0 Å². The molecule has 3 aliphatic rings. The highest BCUT2D eigenvalue weighted by Gasteiger charge is 2.29. The SMILES string of the molecule is O=C1CCC(Nc2ccc(C3CCN(C4CCN(c5ccc([N+](=O)[O-])cc5)CC4)CC3)cc2)C(=O)N1. The molecule has 1 atom stereocenters. The van der Waals surface area contributed by atoms with E-state index in [-0.39, 0.29) is 28.5 Å². The van der Waals surface area contributed by atoms with Gasteiger partial charge in [-0.25, -0.2) is 0 Å². The molecular formula is C27H33N5O4. The first kappa shape index (κ1) is 24.2. The smallest absolute Gasteiger partial charge is 0.269 e. The number of nitrogens with one attached hydrogen (secondary N) is 2. The van der Waals surface area contributed by atoms with E-state index in [9.17, 15) is 19.7 Å².